The van der Waals surface area contributed by atoms with E-state index in [0.29, 0.717) is 0 Å². The zero-order valence-electron chi connectivity index (χ0n) is 16.4. The van der Waals surface area contributed by atoms with Gasteiger partial charge in [0.15, 0.2) is 7.29 Å². The molecule has 0 amide bonds. The van der Waals surface area contributed by atoms with Gasteiger partial charge >= 0.3 is 5.97 Å². The third kappa shape index (κ3) is 3.42. The van der Waals surface area contributed by atoms with E-state index in [1.54, 1.807) is 6.08 Å². The summed E-state index contributed by atoms with van der Waals surface area (Å²) >= 11 is 0. The molecule has 0 bridgehead atoms. The fourth-order valence-electron chi connectivity index (χ4n) is 3.84. The van der Waals surface area contributed by atoms with E-state index in [2.05, 4.69) is 52.3 Å². The molecule has 0 aliphatic carbocycles. The number of hydrogen-bond donors (Lipinski definition) is 0. The molecule has 0 spiro atoms. The predicted molar refractivity (Wildman–Crippen MR) is 106 cm³/mol. The molecule has 0 unspecified atom stereocenters. The Hall–Kier alpha value is -1.54. The van der Waals surface area contributed by atoms with Crippen molar-refractivity contribution in [1.29, 1.82) is 0 Å². The van der Waals surface area contributed by atoms with Crippen LogP contribution in [0.5, 0.6) is 0 Å². The van der Waals surface area contributed by atoms with Gasteiger partial charge in [-0.15, -0.1) is 0 Å². The monoisotopic (exact) mass is 363 g/mol. The molecule has 1 aromatic carbocycles. The Kier molecular flexibility index (Phi) is 5.26. The zero-order valence-corrected chi connectivity index (χ0v) is 17.3. The van der Waals surface area contributed by atoms with E-state index in [9.17, 15) is 9.36 Å². The molecule has 0 atom stereocenters. The SMILES string of the molecule is COC(=O)/C=C/c1cccc2c1N(P(=O)(C(C)(C)C)C(C)(C)C)CC2. The van der Waals surface area contributed by atoms with E-state index < -0.39 is 13.3 Å². The average Bonchev–Trinajstić information content (AvgIpc) is 2.94. The highest BCUT2D eigenvalue weighted by Crippen LogP contribution is 2.71. The minimum Gasteiger partial charge on any atom is -0.466 e. The summed E-state index contributed by atoms with van der Waals surface area (Å²) in [7, 11) is -1.40. The van der Waals surface area contributed by atoms with Crippen LogP contribution in [0.4, 0.5) is 5.69 Å². The van der Waals surface area contributed by atoms with Gasteiger partial charge in [-0.05, 0) is 23.6 Å². The van der Waals surface area contributed by atoms with Crippen molar-refractivity contribution >= 4 is 25.0 Å². The maximum absolute atomic E-state index is 14.4. The summed E-state index contributed by atoms with van der Waals surface area (Å²) in [5.74, 6) is -0.392. The van der Waals surface area contributed by atoms with Gasteiger partial charge in [0, 0.05) is 22.9 Å². The first-order valence-corrected chi connectivity index (χ1v) is 10.4. The number of anilines is 1. The molecule has 1 heterocycles. The Morgan fingerprint density at radius 1 is 1.16 bits per heavy atom. The van der Waals surface area contributed by atoms with Gasteiger partial charge in [-0.3, -0.25) is 4.57 Å². The molecule has 1 aliphatic heterocycles. The van der Waals surface area contributed by atoms with Crippen molar-refractivity contribution < 1.29 is 14.1 Å². The van der Waals surface area contributed by atoms with E-state index in [4.69, 9.17) is 4.74 Å². The van der Waals surface area contributed by atoms with Crippen LogP contribution in [0, 0.1) is 0 Å². The van der Waals surface area contributed by atoms with Crippen LogP contribution in [0.25, 0.3) is 6.08 Å². The lowest BCUT2D eigenvalue weighted by Crippen LogP contribution is -2.39. The number of hydrogen-bond acceptors (Lipinski definition) is 3. The van der Waals surface area contributed by atoms with Gasteiger partial charge in [-0.25, -0.2) is 4.79 Å². The van der Waals surface area contributed by atoms with Gasteiger partial charge < -0.3 is 9.41 Å². The standard InChI is InChI=1S/C20H30NO3P/c1-19(2,3)25(23,20(4,5)6)21-14-13-16-10-8-9-15(18(16)21)11-12-17(22)24-7/h8-12H,13-14H2,1-7H3/b12-11+. The van der Waals surface area contributed by atoms with Gasteiger partial charge in [0.25, 0.3) is 0 Å². The molecule has 5 heteroatoms. The van der Waals surface area contributed by atoms with Crippen LogP contribution in [0.3, 0.4) is 0 Å². The van der Waals surface area contributed by atoms with Gasteiger partial charge in [0.1, 0.15) is 0 Å². The summed E-state index contributed by atoms with van der Waals surface area (Å²) in [6.07, 6.45) is 4.05. The van der Waals surface area contributed by atoms with Crippen molar-refractivity contribution in [3.63, 3.8) is 0 Å². The lowest BCUT2D eigenvalue weighted by atomic mass is 10.1. The molecular weight excluding hydrogens is 333 g/mol. The maximum atomic E-state index is 14.4. The summed E-state index contributed by atoms with van der Waals surface area (Å²) in [6.45, 7) is 13.1. The van der Waals surface area contributed by atoms with Gasteiger partial charge in [-0.1, -0.05) is 59.7 Å². The van der Waals surface area contributed by atoms with Crippen LogP contribution in [0.1, 0.15) is 52.7 Å². The second-order valence-corrected chi connectivity index (χ2v) is 12.8. The number of fused-ring (bicyclic) bond motifs is 1. The summed E-state index contributed by atoms with van der Waals surface area (Å²) in [6, 6.07) is 6.03. The Balaban J connectivity index is 2.63. The van der Waals surface area contributed by atoms with Crippen LogP contribution in [-0.4, -0.2) is 29.9 Å². The Morgan fingerprint density at radius 3 is 2.28 bits per heavy atom. The second kappa shape index (κ2) is 6.64. The molecular formula is C20H30NO3P. The highest BCUT2D eigenvalue weighted by Gasteiger charge is 2.52. The number of benzene rings is 1. The van der Waals surface area contributed by atoms with E-state index >= 15 is 0 Å². The fraction of sp³-hybridized carbons (Fsp3) is 0.550. The molecule has 0 radical (unpaired) electrons. The van der Waals surface area contributed by atoms with Crippen LogP contribution in [0.2, 0.25) is 0 Å². The molecule has 1 aliphatic rings. The predicted octanol–water partition coefficient (Wildman–Crippen LogP) is 5.11. The average molecular weight is 363 g/mol. The minimum atomic E-state index is -2.76. The Bertz CT molecular complexity index is 720. The third-order valence-electron chi connectivity index (χ3n) is 4.76. The number of carbonyl (C=O) groups is 1. The lowest BCUT2D eigenvalue weighted by Gasteiger charge is -2.47. The highest BCUT2D eigenvalue weighted by atomic mass is 31.2. The molecule has 25 heavy (non-hydrogen) atoms. The van der Waals surface area contributed by atoms with Crippen LogP contribution in [0.15, 0.2) is 24.3 Å². The molecule has 2 rings (SSSR count). The Morgan fingerprint density at radius 2 is 1.76 bits per heavy atom. The first kappa shape index (κ1) is 19.8. The van der Waals surface area contributed by atoms with Gasteiger partial charge in [0.05, 0.1) is 12.8 Å². The number of esters is 1. The number of rotatable bonds is 3. The molecule has 138 valence electrons. The molecule has 4 nitrogen and oxygen atoms in total. The van der Waals surface area contributed by atoms with Crippen LogP contribution < -0.4 is 4.67 Å². The summed E-state index contributed by atoms with van der Waals surface area (Å²) in [5, 5.41) is -0.710. The van der Waals surface area contributed by atoms with Gasteiger partial charge in [-0.2, -0.15) is 0 Å². The number of para-hydroxylation sites is 1. The fourth-order valence-corrected chi connectivity index (χ4v) is 8.21. The molecule has 0 aromatic heterocycles. The van der Waals surface area contributed by atoms with Crippen LogP contribution in [-0.2, 0) is 20.5 Å². The highest BCUT2D eigenvalue weighted by molar-refractivity contribution is 7.68. The zero-order chi connectivity index (χ0) is 19.0. The number of nitrogens with zero attached hydrogens (tertiary/aromatic N) is 1. The first-order chi connectivity index (χ1) is 11.4. The molecule has 1 aromatic rings. The smallest absolute Gasteiger partial charge is 0.330 e. The summed E-state index contributed by atoms with van der Waals surface area (Å²) in [4.78, 5) is 11.5. The lowest BCUT2D eigenvalue weighted by molar-refractivity contribution is -0.134. The van der Waals surface area contributed by atoms with Crippen molar-refractivity contribution in [2.45, 2.75) is 58.3 Å². The van der Waals surface area contributed by atoms with Crippen molar-refractivity contribution in [2.75, 3.05) is 18.3 Å². The maximum Gasteiger partial charge on any atom is 0.330 e. The quantitative estimate of drug-likeness (QED) is 0.425. The third-order valence-corrected chi connectivity index (χ3v) is 9.48. The molecule has 0 saturated carbocycles. The molecule has 0 fully saturated rings. The van der Waals surface area contributed by atoms with Crippen molar-refractivity contribution in [3.05, 3.63) is 35.4 Å². The largest absolute Gasteiger partial charge is 0.466 e. The Labute approximate surface area is 151 Å². The van der Waals surface area contributed by atoms with Crippen molar-refractivity contribution in [1.82, 2.24) is 0 Å². The topological polar surface area (TPSA) is 46.6 Å². The summed E-state index contributed by atoms with van der Waals surface area (Å²) < 4.78 is 21.2. The normalized spacial score (nSPS) is 15.6. The van der Waals surface area contributed by atoms with E-state index in [1.807, 2.05) is 12.1 Å². The first-order valence-electron chi connectivity index (χ1n) is 8.69. The van der Waals surface area contributed by atoms with E-state index in [-0.39, 0.29) is 10.3 Å². The number of carbonyl (C=O) groups excluding carboxylic acids is 1. The van der Waals surface area contributed by atoms with E-state index in [0.717, 1.165) is 24.2 Å². The number of methoxy groups -OCH3 is 1. The number of ether oxygens (including phenoxy) is 1. The van der Waals surface area contributed by atoms with E-state index in [1.165, 1.54) is 18.7 Å². The van der Waals surface area contributed by atoms with Crippen LogP contribution >= 0.6 is 7.29 Å². The van der Waals surface area contributed by atoms with Crippen molar-refractivity contribution in [2.24, 2.45) is 0 Å². The molecule has 0 N–H and O–H groups in total. The van der Waals surface area contributed by atoms with Gasteiger partial charge in [0.2, 0.25) is 0 Å². The summed E-state index contributed by atoms with van der Waals surface area (Å²) in [5.41, 5.74) is 3.09. The minimum absolute atomic E-state index is 0.355. The van der Waals surface area contributed by atoms with Crippen molar-refractivity contribution in [3.8, 4) is 0 Å². The second-order valence-electron chi connectivity index (χ2n) is 8.50. The molecule has 0 saturated heterocycles.